The maximum Gasteiger partial charge on any atom is 0.109 e. The summed E-state index contributed by atoms with van der Waals surface area (Å²) in [6.07, 6.45) is 8.48. The zero-order valence-corrected chi connectivity index (χ0v) is 10.7. The predicted molar refractivity (Wildman–Crippen MR) is 69.0 cm³/mol. The van der Waals surface area contributed by atoms with Gasteiger partial charge in [-0.05, 0) is 31.6 Å². The average Bonchev–Trinajstić information content (AvgIpc) is 2.72. The van der Waals surface area contributed by atoms with Crippen LogP contribution in [0.5, 0.6) is 0 Å². The van der Waals surface area contributed by atoms with Crippen LogP contribution in [0.3, 0.4) is 0 Å². The summed E-state index contributed by atoms with van der Waals surface area (Å²) < 4.78 is 0. The second-order valence-electron chi connectivity index (χ2n) is 6.01. The molecule has 17 heavy (non-hydrogen) atoms. The Morgan fingerprint density at radius 1 is 1.18 bits per heavy atom. The Balaban J connectivity index is 1.76. The van der Waals surface area contributed by atoms with Crippen LogP contribution in [-0.2, 0) is 12.8 Å². The molecule has 1 aromatic rings. The van der Waals surface area contributed by atoms with Gasteiger partial charge in [0.25, 0.3) is 0 Å². The van der Waals surface area contributed by atoms with E-state index in [0.717, 1.165) is 25.2 Å². The molecule has 3 N–H and O–H groups in total. The summed E-state index contributed by atoms with van der Waals surface area (Å²) in [6, 6.07) is 0.335. The van der Waals surface area contributed by atoms with Gasteiger partial charge in [0, 0.05) is 24.1 Å². The highest BCUT2D eigenvalue weighted by Gasteiger charge is 2.25. The molecule has 3 nitrogen and oxygen atoms in total. The minimum atomic E-state index is 0.335. The molecule has 1 saturated carbocycles. The molecule has 94 valence electrons. The van der Waals surface area contributed by atoms with Crippen LogP contribution < -0.4 is 5.73 Å². The molecule has 0 amide bonds. The smallest absolute Gasteiger partial charge is 0.109 e. The lowest BCUT2D eigenvalue weighted by atomic mass is 9.83. The minimum absolute atomic E-state index is 0.335. The van der Waals surface area contributed by atoms with E-state index in [0.29, 0.717) is 12.0 Å². The van der Waals surface area contributed by atoms with Crippen molar-refractivity contribution in [3.8, 4) is 0 Å². The van der Waals surface area contributed by atoms with Crippen LogP contribution in [0.1, 0.15) is 62.2 Å². The zero-order valence-electron chi connectivity index (χ0n) is 10.7. The van der Waals surface area contributed by atoms with E-state index < -0.39 is 0 Å². The Bertz CT molecular complexity index is 388. The van der Waals surface area contributed by atoms with E-state index in [1.165, 1.54) is 42.9 Å². The van der Waals surface area contributed by atoms with Crippen molar-refractivity contribution < 1.29 is 0 Å². The fourth-order valence-electron chi connectivity index (χ4n) is 3.26. The standard InChI is InChI=1S/C14H23N3/c1-9-2-4-10(5-3-9)14-16-12-7-6-11(15)8-13(12)17-14/h9-11H,2-8,15H2,1H3,(H,16,17). The summed E-state index contributed by atoms with van der Waals surface area (Å²) in [5.74, 6) is 2.83. The van der Waals surface area contributed by atoms with Gasteiger partial charge in [-0.3, -0.25) is 0 Å². The van der Waals surface area contributed by atoms with E-state index in [4.69, 9.17) is 10.7 Å². The van der Waals surface area contributed by atoms with Crippen molar-refractivity contribution in [1.29, 1.82) is 0 Å². The second-order valence-corrected chi connectivity index (χ2v) is 6.01. The fourth-order valence-corrected chi connectivity index (χ4v) is 3.26. The van der Waals surface area contributed by atoms with Crippen molar-refractivity contribution in [2.75, 3.05) is 0 Å². The number of aromatic amines is 1. The molecular formula is C14H23N3. The van der Waals surface area contributed by atoms with E-state index in [1.54, 1.807) is 0 Å². The molecule has 0 aliphatic heterocycles. The zero-order chi connectivity index (χ0) is 11.8. The highest BCUT2D eigenvalue weighted by Crippen LogP contribution is 2.35. The number of H-pyrrole nitrogens is 1. The summed E-state index contributed by atoms with van der Waals surface area (Å²) in [4.78, 5) is 8.38. The lowest BCUT2D eigenvalue weighted by Gasteiger charge is -2.24. The first-order valence-electron chi connectivity index (χ1n) is 7.05. The normalized spacial score (nSPS) is 33.4. The van der Waals surface area contributed by atoms with Crippen molar-refractivity contribution in [3.63, 3.8) is 0 Å². The van der Waals surface area contributed by atoms with E-state index in [2.05, 4.69) is 11.9 Å². The minimum Gasteiger partial charge on any atom is -0.345 e. The second kappa shape index (κ2) is 4.45. The van der Waals surface area contributed by atoms with Gasteiger partial charge in [-0.25, -0.2) is 4.98 Å². The SMILES string of the molecule is CC1CCC(c2nc3c([nH]2)CC(N)CC3)CC1. The molecule has 1 atom stereocenters. The van der Waals surface area contributed by atoms with Crippen molar-refractivity contribution in [1.82, 2.24) is 9.97 Å². The van der Waals surface area contributed by atoms with E-state index in [1.807, 2.05) is 0 Å². The number of aromatic nitrogens is 2. The van der Waals surface area contributed by atoms with Crippen LogP contribution in [0.2, 0.25) is 0 Å². The summed E-state index contributed by atoms with van der Waals surface area (Å²) in [5.41, 5.74) is 8.62. The van der Waals surface area contributed by atoms with Gasteiger partial charge in [0.1, 0.15) is 5.82 Å². The fraction of sp³-hybridized carbons (Fsp3) is 0.786. The molecular weight excluding hydrogens is 210 g/mol. The molecule has 0 radical (unpaired) electrons. The quantitative estimate of drug-likeness (QED) is 0.783. The predicted octanol–water partition coefficient (Wildman–Crippen LogP) is 2.52. The number of nitrogens with zero attached hydrogens (tertiary/aromatic N) is 1. The highest BCUT2D eigenvalue weighted by atomic mass is 15.0. The summed E-state index contributed by atoms with van der Waals surface area (Å²) in [6.45, 7) is 2.36. The summed E-state index contributed by atoms with van der Waals surface area (Å²) >= 11 is 0. The van der Waals surface area contributed by atoms with Gasteiger partial charge in [-0.1, -0.05) is 19.8 Å². The Hall–Kier alpha value is -0.830. The third-order valence-corrected chi connectivity index (χ3v) is 4.50. The first-order valence-corrected chi connectivity index (χ1v) is 7.05. The molecule has 1 aromatic heterocycles. The molecule has 0 spiro atoms. The highest BCUT2D eigenvalue weighted by molar-refractivity contribution is 5.21. The summed E-state index contributed by atoms with van der Waals surface area (Å²) in [7, 11) is 0. The van der Waals surface area contributed by atoms with Gasteiger partial charge in [-0.15, -0.1) is 0 Å². The molecule has 0 saturated heterocycles. The summed E-state index contributed by atoms with van der Waals surface area (Å²) in [5, 5.41) is 0. The maximum atomic E-state index is 6.01. The Kier molecular flexibility index (Phi) is 2.95. The van der Waals surface area contributed by atoms with Gasteiger partial charge >= 0.3 is 0 Å². The van der Waals surface area contributed by atoms with Crippen molar-refractivity contribution in [3.05, 3.63) is 17.2 Å². The number of nitrogens with one attached hydrogen (secondary N) is 1. The molecule has 3 heteroatoms. The van der Waals surface area contributed by atoms with Gasteiger partial charge < -0.3 is 10.7 Å². The maximum absolute atomic E-state index is 6.01. The lowest BCUT2D eigenvalue weighted by Crippen LogP contribution is -2.27. The third kappa shape index (κ3) is 2.25. The van der Waals surface area contributed by atoms with Crippen LogP contribution in [-0.4, -0.2) is 16.0 Å². The average molecular weight is 233 g/mol. The van der Waals surface area contributed by atoms with Crippen LogP contribution in [0.15, 0.2) is 0 Å². The number of aryl methyl sites for hydroxylation is 1. The molecule has 3 rings (SSSR count). The third-order valence-electron chi connectivity index (χ3n) is 4.50. The number of hydrogen-bond acceptors (Lipinski definition) is 2. The van der Waals surface area contributed by atoms with E-state index in [-0.39, 0.29) is 0 Å². The topological polar surface area (TPSA) is 54.7 Å². The van der Waals surface area contributed by atoms with Gasteiger partial charge in [0.15, 0.2) is 0 Å². The van der Waals surface area contributed by atoms with Gasteiger partial charge in [0.2, 0.25) is 0 Å². The molecule has 0 bridgehead atoms. The number of fused-ring (bicyclic) bond motifs is 1. The molecule has 1 heterocycles. The van der Waals surface area contributed by atoms with Crippen LogP contribution in [0.4, 0.5) is 0 Å². The van der Waals surface area contributed by atoms with E-state index >= 15 is 0 Å². The van der Waals surface area contributed by atoms with Crippen molar-refractivity contribution in [2.24, 2.45) is 11.7 Å². The number of nitrogens with two attached hydrogens (primary N) is 1. The Labute approximate surface area is 103 Å². The molecule has 2 aliphatic rings. The number of imidazole rings is 1. The van der Waals surface area contributed by atoms with Gasteiger partial charge in [-0.2, -0.15) is 0 Å². The molecule has 1 fully saturated rings. The monoisotopic (exact) mass is 233 g/mol. The Morgan fingerprint density at radius 2 is 1.94 bits per heavy atom. The molecule has 1 unspecified atom stereocenters. The number of rotatable bonds is 1. The van der Waals surface area contributed by atoms with Crippen molar-refractivity contribution >= 4 is 0 Å². The van der Waals surface area contributed by atoms with E-state index in [9.17, 15) is 0 Å². The molecule has 2 aliphatic carbocycles. The van der Waals surface area contributed by atoms with Crippen LogP contribution in [0, 0.1) is 5.92 Å². The first kappa shape index (κ1) is 11.3. The Morgan fingerprint density at radius 3 is 2.71 bits per heavy atom. The largest absolute Gasteiger partial charge is 0.345 e. The van der Waals surface area contributed by atoms with Crippen LogP contribution >= 0.6 is 0 Å². The van der Waals surface area contributed by atoms with Gasteiger partial charge in [0.05, 0.1) is 5.69 Å². The van der Waals surface area contributed by atoms with Crippen LogP contribution in [0.25, 0.3) is 0 Å². The first-order chi connectivity index (χ1) is 8.22. The molecule has 0 aromatic carbocycles. The number of hydrogen-bond donors (Lipinski definition) is 2. The van der Waals surface area contributed by atoms with Crippen molar-refractivity contribution in [2.45, 2.75) is 63.8 Å². The lowest BCUT2D eigenvalue weighted by molar-refractivity contribution is 0.340.